The molecular formula is C24H33N5O2. The van der Waals surface area contributed by atoms with Crippen molar-refractivity contribution in [3.63, 3.8) is 0 Å². The van der Waals surface area contributed by atoms with Crippen LogP contribution in [-0.4, -0.2) is 46.8 Å². The molecule has 31 heavy (non-hydrogen) atoms. The van der Waals surface area contributed by atoms with Crippen LogP contribution in [0.2, 0.25) is 0 Å². The molecule has 0 unspecified atom stereocenters. The molecule has 0 bridgehead atoms. The van der Waals surface area contributed by atoms with Gasteiger partial charge in [-0.05, 0) is 65.1 Å². The number of urea groups is 1. The third kappa shape index (κ3) is 6.52. The fourth-order valence-corrected chi connectivity index (χ4v) is 3.97. The molecule has 2 N–H and O–H groups in total. The fourth-order valence-electron chi connectivity index (χ4n) is 3.97. The van der Waals surface area contributed by atoms with E-state index in [4.69, 9.17) is 0 Å². The number of aryl methyl sites for hydroxylation is 1. The third-order valence-electron chi connectivity index (χ3n) is 5.65. The van der Waals surface area contributed by atoms with Crippen LogP contribution in [0.5, 0.6) is 0 Å². The minimum Gasteiger partial charge on any atom is -0.337 e. The Morgan fingerprint density at radius 3 is 2.65 bits per heavy atom. The second kappa shape index (κ2) is 10.9. The molecule has 0 fully saturated rings. The molecule has 0 atom stereocenters. The largest absolute Gasteiger partial charge is 0.337 e. The molecule has 3 rings (SSSR count). The Hall–Kier alpha value is -2.93. The second-order valence-electron chi connectivity index (χ2n) is 8.23. The Labute approximate surface area is 184 Å². The first kappa shape index (κ1) is 22.7. The Bertz CT molecular complexity index is 933. The van der Waals surface area contributed by atoms with Gasteiger partial charge in [-0.2, -0.15) is 5.10 Å². The van der Waals surface area contributed by atoms with Gasteiger partial charge in [0.05, 0.1) is 17.9 Å². The molecule has 0 aliphatic heterocycles. The van der Waals surface area contributed by atoms with Crippen LogP contribution in [0.1, 0.15) is 49.1 Å². The van der Waals surface area contributed by atoms with Crippen molar-refractivity contribution < 1.29 is 9.59 Å². The van der Waals surface area contributed by atoms with Gasteiger partial charge < -0.3 is 5.32 Å². The minimum atomic E-state index is -0.431. The summed E-state index contributed by atoms with van der Waals surface area (Å²) in [7, 11) is 1.87. The van der Waals surface area contributed by atoms with Crippen molar-refractivity contribution in [1.29, 1.82) is 0 Å². The number of benzene rings is 1. The summed E-state index contributed by atoms with van der Waals surface area (Å²) in [5.74, 6) is -0.317. The summed E-state index contributed by atoms with van der Waals surface area (Å²) in [6.07, 6.45) is 7.86. The first-order chi connectivity index (χ1) is 14.9. The van der Waals surface area contributed by atoms with Gasteiger partial charge in [-0.25, -0.2) is 9.48 Å². The van der Waals surface area contributed by atoms with Crippen molar-refractivity contribution >= 4 is 11.9 Å². The highest BCUT2D eigenvalue weighted by Gasteiger charge is 2.17. The number of nitrogens with one attached hydrogen (secondary N) is 2. The van der Waals surface area contributed by atoms with E-state index in [0.29, 0.717) is 13.1 Å². The fraction of sp³-hybridized carbons (Fsp3) is 0.458. The number of nitrogens with zero attached hydrogens (tertiary/aromatic N) is 3. The maximum atomic E-state index is 12.3. The molecule has 3 amide bonds. The summed E-state index contributed by atoms with van der Waals surface area (Å²) in [6, 6.07) is 9.55. The number of rotatable bonds is 8. The molecule has 1 heterocycles. The predicted octanol–water partition coefficient (Wildman–Crippen LogP) is 3.64. The zero-order chi connectivity index (χ0) is 22.2. The highest BCUT2D eigenvalue weighted by molar-refractivity contribution is 5.95. The number of allylic oxidation sites excluding steroid dienone is 1. The Kier molecular flexibility index (Phi) is 8.00. The predicted molar refractivity (Wildman–Crippen MR) is 122 cm³/mol. The van der Waals surface area contributed by atoms with E-state index in [1.165, 1.54) is 18.4 Å². The highest BCUT2D eigenvalue weighted by Crippen LogP contribution is 2.20. The smallest absolute Gasteiger partial charge is 0.321 e. The molecule has 0 saturated carbocycles. The maximum absolute atomic E-state index is 12.3. The van der Waals surface area contributed by atoms with Crippen molar-refractivity contribution in [2.75, 3.05) is 20.1 Å². The number of imide groups is 1. The molecule has 1 aliphatic rings. The first-order valence-electron chi connectivity index (χ1n) is 11.0. The van der Waals surface area contributed by atoms with Crippen LogP contribution in [-0.2, 0) is 11.3 Å². The van der Waals surface area contributed by atoms with Crippen LogP contribution in [0.15, 0.2) is 42.0 Å². The van der Waals surface area contributed by atoms with Gasteiger partial charge in [0.2, 0.25) is 5.91 Å². The van der Waals surface area contributed by atoms with Gasteiger partial charge in [0.15, 0.2) is 0 Å². The Balaban J connectivity index is 1.46. The van der Waals surface area contributed by atoms with E-state index < -0.39 is 6.03 Å². The van der Waals surface area contributed by atoms with Gasteiger partial charge in [0.1, 0.15) is 0 Å². The van der Waals surface area contributed by atoms with Crippen LogP contribution in [0.25, 0.3) is 5.69 Å². The summed E-state index contributed by atoms with van der Waals surface area (Å²) in [4.78, 5) is 26.2. The molecule has 0 saturated heterocycles. The van der Waals surface area contributed by atoms with Crippen molar-refractivity contribution in [2.45, 2.75) is 52.5 Å². The van der Waals surface area contributed by atoms with E-state index in [1.54, 1.807) is 0 Å². The molecule has 1 aromatic heterocycles. The minimum absolute atomic E-state index is 0.133. The number of hydrogen-bond acceptors (Lipinski definition) is 4. The lowest BCUT2D eigenvalue weighted by Gasteiger charge is -2.17. The molecule has 7 heteroatoms. The van der Waals surface area contributed by atoms with Crippen molar-refractivity contribution in [1.82, 2.24) is 25.3 Å². The Morgan fingerprint density at radius 1 is 1.16 bits per heavy atom. The normalized spacial score (nSPS) is 13.7. The molecule has 1 aromatic carbocycles. The molecule has 166 valence electrons. The van der Waals surface area contributed by atoms with Crippen molar-refractivity contribution in [3.05, 3.63) is 58.9 Å². The summed E-state index contributed by atoms with van der Waals surface area (Å²) < 4.78 is 1.92. The van der Waals surface area contributed by atoms with E-state index in [1.807, 2.05) is 60.8 Å². The molecule has 7 nitrogen and oxygen atoms in total. The number of carbonyl (C=O) groups is 2. The number of amides is 3. The van der Waals surface area contributed by atoms with Crippen LogP contribution in [0.3, 0.4) is 0 Å². The first-order valence-corrected chi connectivity index (χ1v) is 11.0. The summed E-state index contributed by atoms with van der Waals surface area (Å²) in [5.41, 5.74) is 5.48. The van der Waals surface area contributed by atoms with Crippen LogP contribution >= 0.6 is 0 Å². The average molecular weight is 424 g/mol. The van der Waals surface area contributed by atoms with Crippen LogP contribution < -0.4 is 10.6 Å². The lowest BCUT2D eigenvalue weighted by atomic mass is 9.97. The van der Waals surface area contributed by atoms with E-state index in [-0.39, 0.29) is 12.5 Å². The monoisotopic (exact) mass is 423 g/mol. The standard InChI is InChI=1S/C24H33N5O2/c1-18-22(19(2)29(27-18)21-12-8-5-9-13-21)16-28(3)17-23(30)26-24(31)25-15-14-20-10-6-4-7-11-20/h5,8-10,12-13H,4,6-7,11,14-17H2,1-3H3,(H2,25,26,30,31). The van der Waals surface area contributed by atoms with Gasteiger partial charge >= 0.3 is 6.03 Å². The Morgan fingerprint density at radius 2 is 1.94 bits per heavy atom. The highest BCUT2D eigenvalue weighted by atomic mass is 16.2. The quantitative estimate of drug-likeness (QED) is 0.636. The summed E-state index contributed by atoms with van der Waals surface area (Å²) in [5, 5.41) is 9.86. The maximum Gasteiger partial charge on any atom is 0.321 e. The van der Waals surface area contributed by atoms with E-state index in [0.717, 1.165) is 41.9 Å². The van der Waals surface area contributed by atoms with E-state index in [2.05, 4.69) is 21.8 Å². The van der Waals surface area contributed by atoms with E-state index in [9.17, 15) is 9.59 Å². The van der Waals surface area contributed by atoms with Gasteiger partial charge in [0.25, 0.3) is 0 Å². The zero-order valence-corrected chi connectivity index (χ0v) is 18.8. The number of aromatic nitrogens is 2. The van der Waals surface area contributed by atoms with Crippen LogP contribution in [0, 0.1) is 13.8 Å². The topological polar surface area (TPSA) is 79.3 Å². The number of para-hydroxylation sites is 1. The number of likely N-dealkylation sites (N-methyl/N-ethyl adjacent to an activating group) is 1. The SMILES string of the molecule is Cc1nn(-c2ccccc2)c(C)c1CN(C)CC(=O)NC(=O)NCCC1=CCCCC1. The molecule has 1 aliphatic carbocycles. The summed E-state index contributed by atoms with van der Waals surface area (Å²) >= 11 is 0. The second-order valence-corrected chi connectivity index (χ2v) is 8.23. The van der Waals surface area contributed by atoms with Crippen molar-refractivity contribution in [3.8, 4) is 5.69 Å². The molecule has 2 aromatic rings. The lowest BCUT2D eigenvalue weighted by molar-refractivity contribution is -0.120. The zero-order valence-electron chi connectivity index (χ0n) is 18.8. The molecule has 0 spiro atoms. The molecule has 0 radical (unpaired) electrons. The van der Waals surface area contributed by atoms with Crippen molar-refractivity contribution in [2.24, 2.45) is 0 Å². The van der Waals surface area contributed by atoms with E-state index >= 15 is 0 Å². The van der Waals surface area contributed by atoms with Gasteiger partial charge in [-0.3, -0.25) is 15.0 Å². The van der Waals surface area contributed by atoms with Crippen LogP contribution in [0.4, 0.5) is 4.79 Å². The van der Waals surface area contributed by atoms with Gasteiger partial charge in [-0.15, -0.1) is 0 Å². The van der Waals surface area contributed by atoms with Gasteiger partial charge in [0, 0.05) is 24.3 Å². The lowest BCUT2D eigenvalue weighted by Crippen LogP contribution is -2.44. The number of carbonyl (C=O) groups excluding carboxylic acids is 2. The van der Waals surface area contributed by atoms with Gasteiger partial charge in [-0.1, -0.05) is 29.8 Å². The summed E-state index contributed by atoms with van der Waals surface area (Å²) in [6.45, 7) is 5.27. The molecular weight excluding hydrogens is 390 g/mol. The third-order valence-corrected chi connectivity index (χ3v) is 5.65. The number of hydrogen-bond donors (Lipinski definition) is 2. The average Bonchev–Trinajstić information content (AvgIpc) is 3.03.